The van der Waals surface area contributed by atoms with Crippen molar-refractivity contribution in [1.29, 1.82) is 0 Å². The maximum atomic E-state index is 11.7. The molecule has 6 nitrogen and oxygen atoms in total. The van der Waals surface area contributed by atoms with Crippen molar-refractivity contribution in [2.24, 2.45) is 0 Å². The summed E-state index contributed by atoms with van der Waals surface area (Å²) in [6.07, 6.45) is 6.06. The van der Waals surface area contributed by atoms with Gasteiger partial charge in [-0.3, -0.25) is 9.48 Å². The van der Waals surface area contributed by atoms with Gasteiger partial charge in [0.15, 0.2) is 0 Å². The standard InChI is InChI=1S/C11H15N5O/c1-2-7-16-10(4-6-13-16)14-11(17)9-15-8-3-5-12-15/h3-6,8H,2,7,9H2,1H3,(H,14,17). The zero-order chi connectivity index (χ0) is 12.1. The minimum atomic E-state index is -0.105. The van der Waals surface area contributed by atoms with Gasteiger partial charge in [0.25, 0.3) is 0 Å². The highest BCUT2D eigenvalue weighted by molar-refractivity contribution is 5.89. The highest BCUT2D eigenvalue weighted by Crippen LogP contribution is 2.06. The lowest BCUT2D eigenvalue weighted by atomic mass is 10.5. The van der Waals surface area contributed by atoms with Crippen LogP contribution >= 0.6 is 0 Å². The normalized spacial score (nSPS) is 10.4. The summed E-state index contributed by atoms with van der Waals surface area (Å²) >= 11 is 0. The van der Waals surface area contributed by atoms with Crippen molar-refractivity contribution in [3.63, 3.8) is 0 Å². The van der Waals surface area contributed by atoms with E-state index in [2.05, 4.69) is 22.4 Å². The molecule has 0 saturated carbocycles. The maximum Gasteiger partial charge on any atom is 0.247 e. The Morgan fingerprint density at radius 1 is 1.41 bits per heavy atom. The van der Waals surface area contributed by atoms with Crippen molar-refractivity contribution < 1.29 is 4.79 Å². The van der Waals surface area contributed by atoms with Gasteiger partial charge in [0.05, 0.1) is 6.20 Å². The molecule has 2 aromatic rings. The van der Waals surface area contributed by atoms with Crippen molar-refractivity contribution in [2.45, 2.75) is 26.4 Å². The molecule has 0 fully saturated rings. The highest BCUT2D eigenvalue weighted by atomic mass is 16.2. The summed E-state index contributed by atoms with van der Waals surface area (Å²) in [6, 6.07) is 3.57. The minimum Gasteiger partial charge on any atom is -0.309 e. The molecule has 90 valence electrons. The largest absolute Gasteiger partial charge is 0.309 e. The first-order chi connectivity index (χ1) is 8.29. The van der Waals surface area contributed by atoms with Crippen molar-refractivity contribution >= 4 is 11.7 Å². The molecule has 0 saturated heterocycles. The smallest absolute Gasteiger partial charge is 0.247 e. The van der Waals surface area contributed by atoms with Crippen LogP contribution in [0.15, 0.2) is 30.7 Å². The third kappa shape index (κ3) is 2.93. The van der Waals surface area contributed by atoms with Crippen LogP contribution in [-0.2, 0) is 17.9 Å². The van der Waals surface area contributed by atoms with Gasteiger partial charge in [0, 0.05) is 25.0 Å². The fraction of sp³-hybridized carbons (Fsp3) is 0.364. The summed E-state index contributed by atoms with van der Waals surface area (Å²) in [7, 11) is 0. The number of aromatic nitrogens is 4. The van der Waals surface area contributed by atoms with Gasteiger partial charge in [-0.2, -0.15) is 10.2 Å². The molecule has 0 bridgehead atoms. The van der Waals surface area contributed by atoms with Crippen LogP contribution in [0.4, 0.5) is 5.82 Å². The van der Waals surface area contributed by atoms with Gasteiger partial charge in [0.2, 0.25) is 5.91 Å². The second-order valence-electron chi connectivity index (χ2n) is 3.69. The molecule has 2 heterocycles. The fourth-order valence-electron chi connectivity index (χ4n) is 1.55. The zero-order valence-electron chi connectivity index (χ0n) is 9.71. The number of carbonyl (C=O) groups is 1. The topological polar surface area (TPSA) is 64.7 Å². The molecule has 0 aromatic carbocycles. The predicted molar refractivity (Wildman–Crippen MR) is 63.4 cm³/mol. The van der Waals surface area contributed by atoms with Gasteiger partial charge in [-0.25, -0.2) is 4.68 Å². The van der Waals surface area contributed by atoms with E-state index >= 15 is 0 Å². The summed E-state index contributed by atoms with van der Waals surface area (Å²) < 4.78 is 3.36. The van der Waals surface area contributed by atoms with Gasteiger partial charge in [0.1, 0.15) is 12.4 Å². The van der Waals surface area contributed by atoms with Crippen LogP contribution in [0, 0.1) is 0 Å². The van der Waals surface area contributed by atoms with Gasteiger partial charge in [-0.1, -0.05) is 6.92 Å². The van der Waals surface area contributed by atoms with Crippen molar-refractivity contribution in [1.82, 2.24) is 19.6 Å². The van der Waals surface area contributed by atoms with E-state index in [9.17, 15) is 4.79 Å². The molecule has 1 N–H and O–H groups in total. The average molecular weight is 233 g/mol. The molecule has 1 amide bonds. The lowest BCUT2D eigenvalue weighted by Crippen LogP contribution is -2.21. The number of anilines is 1. The Kier molecular flexibility index (Phi) is 3.54. The number of rotatable bonds is 5. The Morgan fingerprint density at radius 3 is 3.00 bits per heavy atom. The molecule has 0 aliphatic heterocycles. The van der Waals surface area contributed by atoms with E-state index in [1.165, 1.54) is 0 Å². The van der Waals surface area contributed by atoms with Gasteiger partial charge >= 0.3 is 0 Å². The third-order valence-corrected chi connectivity index (χ3v) is 2.28. The summed E-state index contributed by atoms with van der Waals surface area (Å²) in [5.41, 5.74) is 0. The summed E-state index contributed by atoms with van der Waals surface area (Å²) in [5.74, 6) is 0.621. The van der Waals surface area contributed by atoms with Crippen molar-refractivity contribution in [2.75, 3.05) is 5.32 Å². The van der Waals surface area contributed by atoms with Gasteiger partial charge < -0.3 is 5.32 Å². The molecule has 0 unspecified atom stereocenters. The second-order valence-corrected chi connectivity index (χ2v) is 3.69. The number of nitrogens with zero attached hydrogens (tertiary/aromatic N) is 4. The Bertz CT molecular complexity index is 474. The Balaban J connectivity index is 1.95. The molecule has 2 rings (SSSR count). The molecular weight excluding hydrogens is 218 g/mol. The van der Waals surface area contributed by atoms with E-state index in [0.29, 0.717) is 0 Å². The lowest BCUT2D eigenvalue weighted by molar-refractivity contribution is -0.116. The molecule has 0 aliphatic rings. The number of amides is 1. The summed E-state index contributed by atoms with van der Waals surface area (Å²) in [6.45, 7) is 3.08. The highest BCUT2D eigenvalue weighted by Gasteiger charge is 2.07. The van der Waals surface area contributed by atoms with Crippen LogP contribution in [0.2, 0.25) is 0 Å². The van der Waals surface area contributed by atoms with E-state index in [0.717, 1.165) is 18.8 Å². The lowest BCUT2D eigenvalue weighted by Gasteiger charge is -2.07. The quantitative estimate of drug-likeness (QED) is 0.841. The van der Waals surface area contributed by atoms with Crippen LogP contribution in [0.1, 0.15) is 13.3 Å². The minimum absolute atomic E-state index is 0.105. The monoisotopic (exact) mass is 233 g/mol. The Hall–Kier alpha value is -2.11. The van der Waals surface area contributed by atoms with E-state index in [-0.39, 0.29) is 12.5 Å². The predicted octanol–water partition coefficient (Wildman–Crippen LogP) is 1.13. The fourth-order valence-corrected chi connectivity index (χ4v) is 1.55. The van der Waals surface area contributed by atoms with Crippen LogP contribution in [0.25, 0.3) is 0 Å². The summed E-state index contributed by atoms with van der Waals surface area (Å²) in [4.78, 5) is 11.7. The number of hydrogen-bond donors (Lipinski definition) is 1. The Morgan fingerprint density at radius 2 is 2.29 bits per heavy atom. The van der Waals surface area contributed by atoms with E-state index < -0.39 is 0 Å². The number of aryl methyl sites for hydroxylation is 1. The van der Waals surface area contributed by atoms with E-state index in [1.807, 2.05) is 0 Å². The molecule has 2 aromatic heterocycles. The first-order valence-electron chi connectivity index (χ1n) is 5.58. The van der Waals surface area contributed by atoms with Crippen molar-refractivity contribution in [3.8, 4) is 0 Å². The van der Waals surface area contributed by atoms with E-state index in [4.69, 9.17) is 0 Å². The molecule has 17 heavy (non-hydrogen) atoms. The van der Waals surface area contributed by atoms with Crippen LogP contribution in [0.5, 0.6) is 0 Å². The average Bonchev–Trinajstić information content (AvgIpc) is 2.92. The second kappa shape index (κ2) is 5.29. The molecule has 0 spiro atoms. The third-order valence-electron chi connectivity index (χ3n) is 2.28. The van der Waals surface area contributed by atoms with Gasteiger partial charge in [-0.05, 0) is 12.5 Å². The SMILES string of the molecule is CCCn1nccc1NC(=O)Cn1cccn1. The number of hydrogen-bond acceptors (Lipinski definition) is 3. The first-order valence-corrected chi connectivity index (χ1v) is 5.58. The van der Waals surface area contributed by atoms with Crippen LogP contribution in [-0.4, -0.2) is 25.5 Å². The Labute approximate surface area is 99.2 Å². The van der Waals surface area contributed by atoms with Crippen molar-refractivity contribution in [3.05, 3.63) is 30.7 Å². The van der Waals surface area contributed by atoms with E-state index in [1.54, 1.807) is 40.1 Å². The van der Waals surface area contributed by atoms with Crippen LogP contribution in [0.3, 0.4) is 0 Å². The van der Waals surface area contributed by atoms with Gasteiger partial charge in [-0.15, -0.1) is 0 Å². The summed E-state index contributed by atoms with van der Waals surface area (Å²) in [5, 5.41) is 10.9. The number of nitrogens with one attached hydrogen (secondary N) is 1. The molecule has 0 radical (unpaired) electrons. The number of carbonyl (C=O) groups excluding carboxylic acids is 1. The maximum absolute atomic E-state index is 11.7. The molecule has 0 atom stereocenters. The molecule has 0 aliphatic carbocycles. The van der Waals surface area contributed by atoms with Crippen LogP contribution < -0.4 is 5.32 Å². The molecule has 6 heteroatoms. The zero-order valence-corrected chi connectivity index (χ0v) is 9.71. The first kappa shape index (κ1) is 11.4. The molecular formula is C11H15N5O.